The molecular formula is C10H18N4O. The number of aryl methyl sites for hydroxylation is 1. The molecule has 2 N–H and O–H groups in total. The standard InChI is InChI=1S/C10H18N4O/c1-4-6-8-7-9(13-12-8)11-10(15)14(3)5-2/h7H,4-6H2,1-3H3,(H2,11,12,13,15). The molecule has 0 aromatic carbocycles. The molecular weight excluding hydrogens is 192 g/mol. The third-order valence-electron chi connectivity index (χ3n) is 2.21. The van der Waals surface area contributed by atoms with E-state index in [4.69, 9.17) is 0 Å². The molecule has 1 heterocycles. The predicted molar refractivity (Wildman–Crippen MR) is 59.9 cm³/mol. The molecule has 1 aromatic rings. The largest absolute Gasteiger partial charge is 0.328 e. The summed E-state index contributed by atoms with van der Waals surface area (Å²) < 4.78 is 0. The number of carbonyl (C=O) groups is 1. The summed E-state index contributed by atoms with van der Waals surface area (Å²) in [5.74, 6) is 0.587. The number of nitrogens with one attached hydrogen (secondary N) is 2. The van der Waals surface area contributed by atoms with Gasteiger partial charge in [-0.25, -0.2) is 4.79 Å². The first-order valence-corrected chi connectivity index (χ1v) is 5.23. The van der Waals surface area contributed by atoms with Crippen LogP contribution >= 0.6 is 0 Å². The Hall–Kier alpha value is -1.52. The summed E-state index contributed by atoms with van der Waals surface area (Å²) in [6.07, 6.45) is 2.01. The van der Waals surface area contributed by atoms with Crippen molar-refractivity contribution in [3.63, 3.8) is 0 Å². The second-order valence-electron chi connectivity index (χ2n) is 3.47. The molecule has 0 bridgehead atoms. The van der Waals surface area contributed by atoms with Crippen molar-refractivity contribution in [3.8, 4) is 0 Å². The maximum absolute atomic E-state index is 11.5. The quantitative estimate of drug-likeness (QED) is 0.796. The van der Waals surface area contributed by atoms with E-state index in [1.54, 1.807) is 11.9 Å². The number of H-pyrrole nitrogens is 1. The summed E-state index contributed by atoms with van der Waals surface area (Å²) in [5, 5.41) is 9.61. The number of amides is 2. The van der Waals surface area contributed by atoms with Crippen LogP contribution in [0.3, 0.4) is 0 Å². The third-order valence-corrected chi connectivity index (χ3v) is 2.21. The summed E-state index contributed by atoms with van der Waals surface area (Å²) in [6, 6.07) is 1.73. The Morgan fingerprint density at radius 3 is 2.93 bits per heavy atom. The number of carbonyl (C=O) groups excluding carboxylic acids is 1. The van der Waals surface area contributed by atoms with Gasteiger partial charge in [-0.05, 0) is 13.3 Å². The Bertz CT molecular complexity index is 321. The number of aromatic amines is 1. The van der Waals surface area contributed by atoms with Gasteiger partial charge in [0.1, 0.15) is 0 Å². The highest BCUT2D eigenvalue weighted by Gasteiger charge is 2.08. The van der Waals surface area contributed by atoms with Crippen LogP contribution in [0.4, 0.5) is 10.6 Å². The molecule has 5 nitrogen and oxygen atoms in total. The van der Waals surface area contributed by atoms with E-state index in [0.717, 1.165) is 18.5 Å². The monoisotopic (exact) mass is 210 g/mol. The first-order chi connectivity index (χ1) is 7.17. The molecule has 0 unspecified atom stereocenters. The van der Waals surface area contributed by atoms with Crippen molar-refractivity contribution in [3.05, 3.63) is 11.8 Å². The lowest BCUT2D eigenvalue weighted by molar-refractivity contribution is 0.224. The Morgan fingerprint density at radius 1 is 1.60 bits per heavy atom. The first kappa shape index (κ1) is 11.6. The van der Waals surface area contributed by atoms with Crippen molar-refractivity contribution in [2.45, 2.75) is 26.7 Å². The minimum atomic E-state index is -0.132. The molecule has 2 amide bonds. The molecule has 0 fully saturated rings. The minimum absolute atomic E-state index is 0.132. The summed E-state index contributed by atoms with van der Waals surface area (Å²) in [5.41, 5.74) is 1.05. The summed E-state index contributed by atoms with van der Waals surface area (Å²) in [4.78, 5) is 13.1. The van der Waals surface area contributed by atoms with E-state index in [1.807, 2.05) is 13.0 Å². The molecule has 1 aromatic heterocycles. The van der Waals surface area contributed by atoms with Crippen molar-refractivity contribution in [1.82, 2.24) is 15.1 Å². The van der Waals surface area contributed by atoms with Crippen LogP contribution in [0.1, 0.15) is 26.0 Å². The van der Waals surface area contributed by atoms with E-state index in [-0.39, 0.29) is 6.03 Å². The fraction of sp³-hybridized carbons (Fsp3) is 0.600. The van der Waals surface area contributed by atoms with E-state index >= 15 is 0 Å². The highest BCUT2D eigenvalue weighted by Crippen LogP contribution is 2.07. The number of anilines is 1. The zero-order valence-electron chi connectivity index (χ0n) is 9.50. The molecule has 0 aliphatic carbocycles. The zero-order valence-corrected chi connectivity index (χ0v) is 9.50. The highest BCUT2D eigenvalue weighted by atomic mass is 16.2. The van der Waals surface area contributed by atoms with Crippen LogP contribution in [0.15, 0.2) is 6.07 Å². The van der Waals surface area contributed by atoms with Gasteiger partial charge in [0, 0.05) is 25.4 Å². The van der Waals surface area contributed by atoms with Crippen molar-refractivity contribution in [1.29, 1.82) is 0 Å². The lowest BCUT2D eigenvalue weighted by atomic mass is 10.2. The van der Waals surface area contributed by atoms with E-state index in [1.165, 1.54) is 0 Å². The van der Waals surface area contributed by atoms with E-state index in [0.29, 0.717) is 12.4 Å². The van der Waals surface area contributed by atoms with Gasteiger partial charge in [-0.2, -0.15) is 5.10 Å². The van der Waals surface area contributed by atoms with E-state index in [9.17, 15) is 4.79 Å². The predicted octanol–water partition coefficient (Wildman–Crippen LogP) is 1.85. The summed E-state index contributed by atoms with van der Waals surface area (Å²) >= 11 is 0. The van der Waals surface area contributed by atoms with Crippen LogP contribution in [0.5, 0.6) is 0 Å². The Morgan fingerprint density at radius 2 is 2.33 bits per heavy atom. The van der Waals surface area contributed by atoms with Crippen molar-refractivity contribution in [2.24, 2.45) is 0 Å². The van der Waals surface area contributed by atoms with Gasteiger partial charge >= 0.3 is 6.03 Å². The van der Waals surface area contributed by atoms with Gasteiger partial charge in [0.25, 0.3) is 0 Å². The average Bonchev–Trinajstić information content (AvgIpc) is 2.65. The van der Waals surface area contributed by atoms with Crippen molar-refractivity contribution < 1.29 is 4.79 Å². The number of nitrogens with zero attached hydrogens (tertiary/aromatic N) is 2. The normalized spacial score (nSPS) is 10.1. The Balaban J connectivity index is 2.53. The molecule has 0 saturated heterocycles. The van der Waals surface area contributed by atoms with Crippen LogP contribution in [-0.4, -0.2) is 34.7 Å². The van der Waals surface area contributed by atoms with Gasteiger partial charge in [0.05, 0.1) is 0 Å². The van der Waals surface area contributed by atoms with Crippen LogP contribution in [0.2, 0.25) is 0 Å². The molecule has 0 atom stereocenters. The number of aromatic nitrogens is 2. The number of rotatable bonds is 4. The molecule has 0 radical (unpaired) electrons. The second-order valence-corrected chi connectivity index (χ2v) is 3.47. The fourth-order valence-electron chi connectivity index (χ4n) is 1.17. The Labute approximate surface area is 89.9 Å². The topological polar surface area (TPSA) is 61.0 Å². The summed E-state index contributed by atoms with van der Waals surface area (Å²) in [7, 11) is 1.74. The lowest BCUT2D eigenvalue weighted by Gasteiger charge is -2.13. The SMILES string of the molecule is CCCc1cc(NC(=O)N(C)CC)n[nH]1. The van der Waals surface area contributed by atoms with Crippen molar-refractivity contribution in [2.75, 3.05) is 18.9 Å². The van der Waals surface area contributed by atoms with E-state index < -0.39 is 0 Å². The zero-order chi connectivity index (χ0) is 11.3. The van der Waals surface area contributed by atoms with Gasteiger partial charge in [0.15, 0.2) is 5.82 Å². The van der Waals surface area contributed by atoms with Gasteiger partial charge in [0.2, 0.25) is 0 Å². The maximum atomic E-state index is 11.5. The van der Waals surface area contributed by atoms with Crippen LogP contribution < -0.4 is 5.32 Å². The van der Waals surface area contributed by atoms with E-state index in [2.05, 4.69) is 22.4 Å². The van der Waals surface area contributed by atoms with Crippen LogP contribution in [0, 0.1) is 0 Å². The molecule has 5 heteroatoms. The minimum Gasteiger partial charge on any atom is -0.328 e. The molecule has 1 rings (SSSR count). The van der Waals surface area contributed by atoms with Gasteiger partial charge in [-0.3, -0.25) is 10.4 Å². The van der Waals surface area contributed by atoms with Crippen LogP contribution in [0.25, 0.3) is 0 Å². The fourth-order valence-corrected chi connectivity index (χ4v) is 1.17. The third kappa shape index (κ3) is 3.27. The number of urea groups is 1. The molecule has 15 heavy (non-hydrogen) atoms. The summed E-state index contributed by atoms with van der Waals surface area (Å²) in [6.45, 7) is 4.70. The lowest BCUT2D eigenvalue weighted by Crippen LogP contribution is -2.31. The number of hydrogen-bond acceptors (Lipinski definition) is 2. The first-order valence-electron chi connectivity index (χ1n) is 5.23. The molecule has 0 spiro atoms. The van der Waals surface area contributed by atoms with Gasteiger partial charge < -0.3 is 4.90 Å². The molecule has 0 saturated carbocycles. The van der Waals surface area contributed by atoms with Gasteiger partial charge in [-0.15, -0.1) is 0 Å². The van der Waals surface area contributed by atoms with Gasteiger partial charge in [-0.1, -0.05) is 13.3 Å². The highest BCUT2D eigenvalue weighted by molar-refractivity contribution is 5.88. The molecule has 84 valence electrons. The Kier molecular flexibility index (Phi) is 4.15. The molecule has 0 aliphatic rings. The average molecular weight is 210 g/mol. The number of hydrogen-bond donors (Lipinski definition) is 2. The van der Waals surface area contributed by atoms with Crippen molar-refractivity contribution >= 4 is 11.8 Å². The molecule has 0 aliphatic heterocycles. The smallest absolute Gasteiger partial charge is 0.322 e. The second kappa shape index (κ2) is 5.38. The van der Waals surface area contributed by atoms with Crippen LogP contribution in [-0.2, 0) is 6.42 Å². The maximum Gasteiger partial charge on any atom is 0.322 e.